The molecule has 6 heteroatoms. The first-order valence-corrected chi connectivity index (χ1v) is 7.92. The lowest BCUT2D eigenvalue weighted by molar-refractivity contribution is -0.160. The van der Waals surface area contributed by atoms with E-state index in [9.17, 15) is 9.59 Å². The first-order valence-electron chi connectivity index (χ1n) is 7.92. The van der Waals surface area contributed by atoms with Crippen molar-refractivity contribution in [2.45, 2.75) is 71.6 Å². The molecule has 0 aromatic heterocycles. The molecule has 0 aromatic carbocycles. The maximum absolute atomic E-state index is 12.2. The van der Waals surface area contributed by atoms with Gasteiger partial charge in [-0.3, -0.25) is 9.69 Å². The Morgan fingerprint density at radius 3 is 2.23 bits per heavy atom. The molecular weight excluding hydrogens is 284 g/mol. The second kappa shape index (κ2) is 7.31. The summed E-state index contributed by atoms with van der Waals surface area (Å²) in [5.41, 5.74) is -0.975. The first kappa shape index (κ1) is 18.7. The van der Waals surface area contributed by atoms with Gasteiger partial charge in [-0.15, -0.1) is 0 Å². The van der Waals surface area contributed by atoms with Gasteiger partial charge < -0.3 is 14.8 Å². The minimum absolute atomic E-state index is 0.178. The Labute approximate surface area is 133 Å². The van der Waals surface area contributed by atoms with Gasteiger partial charge in [0.25, 0.3) is 0 Å². The highest BCUT2D eigenvalue weighted by atomic mass is 16.6. The van der Waals surface area contributed by atoms with E-state index < -0.39 is 17.3 Å². The molecular formula is C16H30N2O4. The number of rotatable bonds is 4. The quantitative estimate of drug-likeness (QED) is 0.807. The number of alkyl carbamates (subject to hydrolysis) is 1. The molecule has 1 heterocycles. The van der Waals surface area contributed by atoms with E-state index in [2.05, 4.69) is 10.2 Å². The molecule has 0 saturated carbocycles. The largest absolute Gasteiger partial charge is 0.459 e. The van der Waals surface area contributed by atoms with Gasteiger partial charge in [-0.05, 0) is 60.9 Å². The van der Waals surface area contributed by atoms with Crippen LogP contribution in [0.5, 0.6) is 0 Å². The molecule has 1 rings (SSSR count). The Morgan fingerprint density at radius 1 is 1.09 bits per heavy atom. The third kappa shape index (κ3) is 7.11. The lowest BCUT2D eigenvalue weighted by Gasteiger charge is -2.27. The van der Waals surface area contributed by atoms with Crippen LogP contribution in [0.15, 0.2) is 0 Å². The van der Waals surface area contributed by atoms with Gasteiger partial charge in [0.15, 0.2) is 0 Å². The van der Waals surface area contributed by atoms with Gasteiger partial charge in [0.05, 0.1) is 0 Å². The van der Waals surface area contributed by atoms with Gasteiger partial charge >= 0.3 is 12.1 Å². The maximum Gasteiger partial charge on any atom is 0.407 e. The van der Waals surface area contributed by atoms with E-state index in [1.165, 1.54) is 0 Å². The second-order valence-corrected chi connectivity index (χ2v) is 7.66. The molecule has 0 aromatic rings. The number of carbonyl (C=O) groups excluding carboxylic acids is 2. The molecule has 0 spiro atoms. The first-order chi connectivity index (χ1) is 9.98. The molecule has 0 aliphatic carbocycles. The summed E-state index contributed by atoms with van der Waals surface area (Å²) in [6, 6.07) is -0.209. The van der Waals surface area contributed by atoms with Crippen molar-refractivity contribution in [2.24, 2.45) is 0 Å². The number of likely N-dealkylation sites (tertiary alicyclic amines) is 1. The number of nitrogens with one attached hydrogen (secondary N) is 1. The highest BCUT2D eigenvalue weighted by Crippen LogP contribution is 2.20. The average molecular weight is 314 g/mol. The number of nitrogens with zero attached hydrogens (tertiary/aromatic N) is 1. The molecule has 1 aliphatic rings. The predicted octanol–water partition coefficient (Wildman–Crippen LogP) is 2.32. The Bertz CT molecular complexity index is 396. The third-order valence-corrected chi connectivity index (χ3v) is 3.11. The zero-order chi connectivity index (χ0) is 17.0. The van der Waals surface area contributed by atoms with E-state index in [1.807, 2.05) is 41.5 Å². The van der Waals surface area contributed by atoms with E-state index in [-0.39, 0.29) is 12.0 Å². The van der Waals surface area contributed by atoms with Crippen molar-refractivity contribution in [3.63, 3.8) is 0 Å². The van der Waals surface area contributed by atoms with Gasteiger partial charge in [0.1, 0.15) is 17.2 Å². The summed E-state index contributed by atoms with van der Waals surface area (Å²) in [7, 11) is 0. The molecule has 1 saturated heterocycles. The minimum Gasteiger partial charge on any atom is -0.459 e. The van der Waals surface area contributed by atoms with Crippen molar-refractivity contribution in [1.82, 2.24) is 10.2 Å². The molecule has 1 aliphatic heterocycles. The van der Waals surface area contributed by atoms with Crippen molar-refractivity contribution in [2.75, 3.05) is 19.6 Å². The zero-order valence-electron chi connectivity index (χ0n) is 14.7. The summed E-state index contributed by atoms with van der Waals surface area (Å²) in [5, 5.41) is 2.72. The lowest BCUT2D eigenvalue weighted by atomic mass is 10.1. The van der Waals surface area contributed by atoms with Gasteiger partial charge in [0, 0.05) is 13.1 Å². The molecule has 1 fully saturated rings. The monoisotopic (exact) mass is 314 g/mol. The predicted molar refractivity (Wildman–Crippen MR) is 84.7 cm³/mol. The maximum atomic E-state index is 12.2. The van der Waals surface area contributed by atoms with Crippen LogP contribution in [0.2, 0.25) is 0 Å². The van der Waals surface area contributed by atoms with E-state index in [1.54, 1.807) is 0 Å². The Hall–Kier alpha value is -1.30. The fourth-order valence-corrected chi connectivity index (χ4v) is 2.35. The van der Waals surface area contributed by atoms with Gasteiger partial charge in [-0.2, -0.15) is 0 Å². The summed E-state index contributed by atoms with van der Waals surface area (Å²) < 4.78 is 10.6. The Kier molecular flexibility index (Phi) is 6.23. The van der Waals surface area contributed by atoms with E-state index in [4.69, 9.17) is 9.47 Å². The van der Waals surface area contributed by atoms with Crippen molar-refractivity contribution in [3.8, 4) is 0 Å². The fourth-order valence-electron chi connectivity index (χ4n) is 2.35. The number of carbonyl (C=O) groups is 2. The van der Waals surface area contributed by atoms with Crippen LogP contribution >= 0.6 is 0 Å². The summed E-state index contributed by atoms with van der Waals surface area (Å²) in [5.74, 6) is -0.178. The molecule has 6 nitrogen and oxygen atoms in total. The molecule has 0 radical (unpaired) electrons. The Balaban J connectivity index is 2.38. The number of amides is 1. The van der Waals surface area contributed by atoms with Gasteiger partial charge in [-0.25, -0.2) is 4.79 Å². The highest BCUT2D eigenvalue weighted by molar-refractivity contribution is 5.76. The van der Waals surface area contributed by atoms with E-state index in [0.29, 0.717) is 13.1 Å². The number of hydrogen-bond donors (Lipinski definition) is 1. The summed E-state index contributed by atoms with van der Waals surface area (Å²) >= 11 is 0. The van der Waals surface area contributed by atoms with E-state index >= 15 is 0 Å². The second-order valence-electron chi connectivity index (χ2n) is 7.66. The van der Waals surface area contributed by atoms with Crippen molar-refractivity contribution in [1.29, 1.82) is 0 Å². The SMILES string of the molecule is CC(C)(C)OC(=O)NCCN1CCC[C@H]1C(=O)OC(C)(C)C. The molecule has 1 atom stereocenters. The smallest absolute Gasteiger partial charge is 0.407 e. The highest BCUT2D eigenvalue weighted by Gasteiger charge is 2.33. The van der Waals surface area contributed by atoms with Gasteiger partial charge in [0.2, 0.25) is 0 Å². The summed E-state index contributed by atoms with van der Waals surface area (Å²) in [6.45, 7) is 13.0. The molecule has 1 N–H and O–H groups in total. The van der Waals surface area contributed by atoms with Crippen LogP contribution in [0.3, 0.4) is 0 Å². The molecule has 128 valence electrons. The van der Waals surface area contributed by atoms with Crippen molar-refractivity contribution in [3.05, 3.63) is 0 Å². The topological polar surface area (TPSA) is 67.9 Å². The van der Waals surface area contributed by atoms with Crippen LogP contribution in [-0.2, 0) is 14.3 Å². The number of hydrogen-bond acceptors (Lipinski definition) is 5. The zero-order valence-corrected chi connectivity index (χ0v) is 14.7. The molecule has 0 bridgehead atoms. The van der Waals surface area contributed by atoms with Gasteiger partial charge in [-0.1, -0.05) is 0 Å². The van der Waals surface area contributed by atoms with Crippen LogP contribution in [0.25, 0.3) is 0 Å². The average Bonchev–Trinajstić information content (AvgIpc) is 2.72. The summed E-state index contributed by atoms with van der Waals surface area (Å²) in [6.07, 6.45) is 1.35. The minimum atomic E-state index is -0.503. The third-order valence-electron chi connectivity index (χ3n) is 3.11. The fraction of sp³-hybridized carbons (Fsp3) is 0.875. The van der Waals surface area contributed by atoms with Crippen molar-refractivity contribution < 1.29 is 19.1 Å². The Morgan fingerprint density at radius 2 is 1.68 bits per heavy atom. The van der Waals surface area contributed by atoms with Crippen LogP contribution < -0.4 is 5.32 Å². The standard InChI is InChI=1S/C16H30N2O4/c1-15(2,3)21-13(19)12-8-7-10-18(12)11-9-17-14(20)22-16(4,5)6/h12H,7-11H2,1-6H3,(H,17,20)/t12-/m0/s1. The molecule has 0 unspecified atom stereocenters. The van der Waals surface area contributed by atoms with Crippen molar-refractivity contribution >= 4 is 12.1 Å². The normalized spacial score (nSPS) is 19.8. The van der Waals surface area contributed by atoms with E-state index in [0.717, 1.165) is 19.4 Å². The number of ether oxygens (including phenoxy) is 2. The molecule has 1 amide bonds. The van der Waals surface area contributed by atoms with Crippen LogP contribution in [0.4, 0.5) is 4.79 Å². The lowest BCUT2D eigenvalue weighted by Crippen LogP contribution is -2.44. The van der Waals surface area contributed by atoms with Crippen LogP contribution in [0.1, 0.15) is 54.4 Å². The summed E-state index contributed by atoms with van der Waals surface area (Å²) in [4.78, 5) is 25.8. The van der Waals surface area contributed by atoms with Crippen LogP contribution in [0, 0.1) is 0 Å². The number of esters is 1. The molecule has 22 heavy (non-hydrogen) atoms. The van der Waals surface area contributed by atoms with Crippen LogP contribution in [-0.4, -0.2) is 53.8 Å².